The van der Waals surface area contributed by atoms with E-state index in [9.17, 15) is 18.8 Å². The van der Waals surface area contributed by atoms with Crippen LogP contribution in [0.15, 0.2) is 53.5 Å². The fourth-order valence-corrected chi connectivity index (χ4v) is 5.22. The van der Waals surface area contributed by atoms with Gasteiger partial charge in [0.1, 0.15) is 23.2 Å². The molecule has 0 bridgehead atoms. The summed E-state index contributed by atoms with van der Waals surface area (Å²) in [6.07, 6.45) is 4.06. The minimum absolute atomic E-state index is 0.0229. The first-order valence-electron chi connectivity index (χ1n) is 13.4. The summed E-state index contributed by atoms with van der Waals surface area (Å²) in [5.74, 6) is -0.521. The zero-order valence-corrected chi connectivity index (χ0v) is 22.4. The highest BCUT2D eigenvalue weighted by Gasteiger charge is 2.34. The first-order valence-corrected chi connectivity index (χ1v) is 13.4. The molecule has 1 aliphatic heterocycles. The molecule has 1 atom stereocenters. The van der Waals surface area contributed by atoms with E-state index in [2.05, 4.69) is 15.5 Å². The third-order valence-electron chi connectivity index (χ3n) is 7.51. The predicted molar refractivity (Wildman–Crippen MR) is 149 cm³/mol. The molecule has 1 saturated heterocycles. The monoisotopic (exact) mass is 560 g/mol. The van der Waals surface area contributed by atoms with E-state index in [1.165, 1.54) is 19.2 Å². The van der Waals surface area contributed by atoms with Crippen LogP contribution in [-0.4, -0.2) is 58.0 Å². The lowest BCUT2D eigenvalue weighted by Crippen LogP contribution is -2.30. The van der Waals surface area contributed by atoms with Crippen LogP contribution in [0.25, 0.3) is 22.0 Å². The van der Waals surface area contributed by atoms with Gasteiger partial charge in [0, 0.05) is 31.4 Å². The number of nitrogens with two attached hydrogens (primary N) is 1. The summed E-state index contributed by atoms with van der Waals surface area (Å²) in [4.78, 5) is 39.8. The Bertz CT molecular complexity index is 1690. The third kappa shape index (κ3) is 5.20. The minimum atomic E-state index is -0.532. The number of aromatic nitrogens is 3. The lowest BCUT2D eigenvalue weighted by molar-refractivity contribution is 0.0946. The van der Waals surface area contributed by atoms with Crippen LogP contribution in [0, 0.1) is 5.82 Å². The summed E-state index contributed by atoms with van der Waals surface area (Å²) in [6.45, 7) is 1.16. The normalized spacial score (nSPS) is 16.6. The summed E-state index contributed by atoms with van der Waals surface area (Å²) >= 11 is 0. The van der Waals surface area contributed by atoms with E-state index in [0.29, 0.717) is 30.4 Å². The molecule has 3 heterocycles. The SMILES string of the molecule is COc1ccc(F)cc1C(=O)NCc1ccc(-c2cn([C@@H]3CCN(C(=O)OC4CC4)C3)c3c(=O)[nH]nc(N)c23)cc1. The Labute approximate surface area is 234 Å². The number of H-pyrrole nitrogens is 1. The molecule has 2 aliphatic rings. The molecular formula is C29H29FN6O5. The van der Waals surface area contributed by atoms with E-state index in [1.807, 2.05) is 35.0 Å². The van der Waals surface area contributed by atoms with Gasteiger partial charge in [0.15, 0.2) is 5.82 Å². The lowest BCUT2D eigenvalue weighted by Gasteiger charge is -2.17. The van der Waals surface area contributed by atoms with Crippen molar-refractivity contribution in [3.63, 3.8) is 0 Å². The van der Waals surface area contributed by atoms with Crippen LogP contribution < -0.4 is 21.3 Å². The van der Waals surface area contributed by atoms with Crippen LogP contribution in [0.5, 0.6) is 5.75 Å². The minimum Gasteiger partial charge on any atom is -0.496 e. The van der Waals surface area contributed by atoms with Crippen molar-refractivity contribution in [2.24, 2.45) is 0 Å². The van der Waals surface area contributed by atoms with Crippen LogP contribution in [-0.2, 0) is 11.3 Å². The zero-order valence-electron chi connectivity index (χ0n) is 22.4. The average molecular weight is 561 g/mol. The Morgan fingerprint density at radius 1 is 1.17 bits per heavy atom. The molecular weight excluding hydrogens is 531 g/mol. The van der Waals surface area contributed by atoms with Crippen molar-refractivity contribution in [3.05, 3.63) is 76.0 Å². The molecule has 1 aliphatic carbocycles. The van der Waals surface area contributed by atoms with E-state index in [4.69, 9.17) is 15.2 Å². The second-order valence-corrected chi connectivity index (χ2v) is 10.3. The Hall–Kier alpha value is -4.87. The third-order valence-corrected chi connectivity index (χ3v) is 7.51. The van der Waals surface area contributed by atoms with E-state index >= 15 is 0 Å². The van der Waals surface area contributed by atoms with Gasteiger partial charge in [-0.15, -0.1) is 0 Å². The van der Waals surface area contributed by atoms with Crippen LogP contribution in [0.3, 0.4) is 0 Å². The molecule has 2 fully saturated rings. The molecule has 11 nitrogen and oxygen atoms in total. The molecule has 212 valence electrons. The largest absolute Gasteiger partial charge is 0.496 e. The number of anilines is 1. The molecule has 4 N–H and O–H groups in total. The highest BCUT2D eigenvalue weighted by molar-refractivity contribution is 6.02. The van der Waals surface area contributed by atoms with Crippen LogP contribution in [0.4, 0.5) is 15.0 Å². The van der Waals surface area contributed by atoms with Gasteiger partial charge >= 0.3 is 6.09 Å². The number of fused-ring (bicyclic) bond motifs is 1. The van der Waals surface area contributed by atoms with Crippen molar-refractivity contribution in [2.75, 3.05) is 25.9 Å². The summed E-state index contributed by atoms with van der Waals surface area (Å²) in [5.41, 5.74) is 8.73. The second-order valence-electron chi connectivity index (χ2n) is 10.3. The molecule has 6 rings (SSSR count). The first kappa shape index (κ1) is 26.4. The molecule has 1 saturated carbocycles. The fourth-order valence-electron chi connectivity index (χ4n) is 5.22. The molecule has 0 unspecified atom stereocenters. The number of amides is 2. The Morgan fingerprint density at radius 2 is 1.95 bits per heavy atom. The van der Waals surface area contributed by atoms with Crippen LogP contribution in [0.1, 0.15) is 41.2 Å². The van der Waals surface area contributed by atoms with Gasteiger partial charge in [-0.05, 0) is 48.6 Å². The van der Waals surface area contributed by atoms with E-state index in [1.54, 1.807) is 4.90 Å². The summed E-state index contributed by atoms with van der Waals surface area (Å²) < 4.78 is 26.2. The molecule has 2 amide bonds. The highest BCUT2D eigenvalue weighted by Crippen LogP contribution is 2.36. The van der Waals surface area contributed by atoms with Gasteiger partial charge in [0.05, 0.1) is 24.1 Å². The maximum atomic E-state index is 13.7. The maximum absolute atomic E-state index is 13.7. The van der Waals surface area contributed by atoms with Crippen LogP contribution >= 0.6 is 0 Å². The summed E-state index contributed by atoms with van der Waals surface area (Å²) in [5, 5.41) is 9.78. The number of nitrogen functional groups attached to an aromatic ring is 1. The van der Waals surface area contributed by atoms with Gasteiger partial charge < -0.3 is 30.0 Å². The number of nitrogens with zero attached hydrogens (tertiary/aromatic N) is 3. The van der Waals surface area contributed by atoms with Crippen molar-refractivity contribution >= 4 is 28.7 Å². The summed E-state index contributed by atoms with van der Waals surface area (Å²) in [7, 11) is 1.42. The average Bonchev–Trinajstić information content (AvgIpc) is 3.48. The van der Waals surface area contributed by atoms with Gasteiger partial charge in [0.2, 0.25) is 0 Å². The molecule has 4 aromatic rings. The number of benzene rings is 2. The number of rotatable bonds is 7. The van der Waals surface area contributed by atoms with Crippen molar-refractivity contribution in [2.45, 2.75) is 38.0 Å². The fraction of sp³-hybridized carbons (Fsp3) is 0.310. The molecule has 0 spiro atoms. The standard InChI is InChI=1S/C29H29FN6O5/c1-40-23-9-6-18(30)12-21(23)27(37)32-13-16-2-4-17(5-3-16)22-15-36(25-24(22)26(31)33-34-28(25)38)19-10-11-35(14-19)29(39)41-20-7-8-20/h2-6,9,12,15,19-20H,7-8,10-11,13-14H2,1H3,(H2,31,33)(H,32,37)(H,34,38)/t19-/m1/s1. The zero-order chi connectivity index (χ0) is 28.7. The van der Waals surface area contributed by atoms with E-state index < -0.39 is 11.7 Å². The highest BCUT2D eigenvalue weighted by atomic mass is 19.1. The quantitative estimate of drug-likeness (QED) is 0.313. The molecule has 12 heteroatoms. The molecule has 2 aromatic heterocycles. The summed E-state index contributed by atoms with van der Waals surface area (Å²) in [6, 6.07) is 11.1. The number of hydrogen-bond donors (Lipinski definition) is 3. The van der Waals surface area contributed by atoms with Gasteiger partial charge in [-0.1, -0.05) is 24.3 Å². The Balaban J connectivity index is 1.23. The Kier molecular flexibility index (Phi) is 6.82. The second kappa shape index (κ2) is 10.6. The molecule has 41 heavy (non-hydrogen) atoms. The predicted octanol–water partition coefficient (Wildman–Crippen LogP) is 3.60. The smallest absolute Gasteiger partial charge is 0.410 e. The van der Waals surface area contributed by atoms with E-state index in [-0.39, 0.29) is 47.5 Å². The Morgan fingerprint density at radius 3 is 2.68 bits per heavy atom. The van der Waals surface area contributed by atoms with Gasteiger partial charge in [0.25, 0.3) is 11.5 Å². The van der Waals surface area contributed by atoms with Gasteiger partial charge in [-0.3, -0.25) is 9.59 Å². The van der Waals surface area contributed by atoms with Crippen LogP contribution in [0.2, 0.25) is 0 Å². The number of nitrogens with one attached hydrogen (secondary N) is 2. The number of carbonyl (C=O) groups is 2. The van der Waals surface area contributed by atoms with Crippen molar-refractivity contribution in [1.29, 1.82) is 0 Å². The number of halogens is 1. The number of hydrogen-bond acceptors (Lipinski definition) is 7. The van der Waals surface area contributed by atoms with Crippen molar-refractivity contribution < 1.29 is 23.5 Å². The number of ether oxygens (including phenoxy) is 2. The number of methoxy groups -OCH3 is 1. The topological polar surface area (TPSA) is 145 Å². The number of likely N-dealkylation sites (tertiary alicyclic amines) is 1. The molecule has 2 aromatic carbocycles. The number of carbonyl (C=O) groups excluding carboxylic acids is 2. The van der Waals surface area contributed by atoms with Gasteiger partial charge in [-0.2, -0.15) is 5.10 Å². The van der Waals surface area contributed by atoms with Gasteiger partial charge in [-0.25, -0.2) is 14.3 Å². The number of aromatic amines is 1. The van der Waals surface area contributed by atoms with E-state index in [0.717, 1.165) is 35.6 Å². The van der Waals surface area contributed by atoms with Crippen molar-refractivity contribution in [1.82, 2.24) is 25.0 Å². The first-order chi connectivity index (χ1) is 19.8. The lowest BCUT2D eigenvalue weighted by atomic mass is 10.0. The van der Waals surface area contributed by atoms with Crippen molar-refractivity contribution in [3.8, 4) is 16.9 Å². The molecule has 0 radical (unpaired) electrons. The maximum Gasteiger partial charge on any atom is 0.410 e.